The van der Waals surface area contributed by atoms with Crippen LogP contribution >= 0.6 is 0 Å². The molecule has 1 N–H and O–H groups in total. The lowest BCUT2D eigenvalue weighted by atomic mass is 10.0. The number of aromatic nitrogens is 1. The predicted molar refractivity (Wildman–Crippen MR) is 92.3 cm³/mol. The predicted octanol–water partition coefficient (Wildman–Crippen LogP) is 3.66. The highest BCUT2D eigenvalue weighted by atomic mass is 16.5. The Morgan fingerprint density at radius 1 is 1.08 bits per heavy atom. The molecule has 130 valence electrons. The minimum Gasteiger partial charge on any atom is -0.459 e. The molecular weight excluding hydrogens is 316 g/mol. The van der Waals surface area contributed by atoms with Gasteiger partial charge in [-0.2, -0.15) is 0 Å². The van der Waals surface area contributed by atoms with Crippen molar-refractivity contribution in [3.8, 4) is 11.3 Å². The van der Waals surface area contributed by atoms with Gasteiger partial charge >= 0.3 is 5.97 Å². The summed E-state index contributed by atoms with van der Waals surface area (Å²) in [5.74, 6) is 0.755. The number of hydrogen-bond acceptors (Lipinski definition) is 5. The topological polar surface area (TPSA) is 64.4 Å². The van der Waals surface area contributed by atoms with Gasteiger partial charge in [0.05, 0.1) is 0 Å². The number of ether oxygens (including phenoxy) is 1. The molecule has 2 unspecified atom stereocenters. The van der Waals surface area contributed by atoms with Crippen molar-refractivity contribution in [1.82, 2.24) is 10.5 Å². The molecule has 5 rings (SSSR count). The molecule has 2 atom stereocenters. The van der Waals surface area contributed by atoms with Crippen molar-refractivity contribution in [3.05, 3.63) is 41.7 Å². The molecule has 25 heavy (non-hydrogen) atoms. The van der Waals surface area contributed by atoms with Gasteiger partial charge in [-0.05, 0) is 38.5 Å². The van der Waals surface area contributed by atoms with Gasteiger partial charge < -0.3 is 14.6 Å². The zero-order chi connectivity index (χ0) is 16.8. The van der Waals surface area contributed by atoms with Crippen LogP contribution in [0.2, 0.25) is 0 Å². The van der Waals surface area contributed by atoms with Crippen LogP contribution in [0.25, 0.3) is 11.3 Å². The minimum absolute atomic E-state index is 0.00294. The monoisotopic (exact) mass is 338 g/mol. The van der Waals surface area contributed by atoms with Crippen molar-refractivity contribution >= 4 is 5.97 Å². The second kappa shape index (κ2) is 5.99. The molecule has 5 nitrogen and oxygen atoms in total. The van der Waals surface area contributed by atoms with Crippen LogP contribution < -0.4 is 5.32 Å². The van der Waals surface area contributed by atoms with E-state index in [1.807, 2.05) is 30.3 Å². The Kier molecular flexibility index (Phi) is 3.63. The molecule has 3 heterocycles. The van der Waals surface area contributed by atoms with Crippen LogP contribution in [0, 0.1) is 0 Å². The van der Waals surface area contributed by atoms with E-state index in [1.54, 1.807) is 0 Å². The van der Waals surface area contributed by atoms with Gasteiger partial charge in [0, 0.05) is 23.6 Å². The number of nitrogens with one attached hydrogen (secondary N) is 1. The van der Waals surface area contributed by atoms with Gasteiger partial charge in [0.1, 0.15) is 17.4 Å². The molecule has 2 bridgehead atoms. The Bertz CT molecular complexity index is 769. The van der Waals surface area contributed by atoms with E-state index in [2.05, 4.69) is 10.5 Å². The maximum atomic E-state index is 13.0. The maximum Gasteiger partial charge on any atom is 0.344 e. The fraction of sp³-hybridized carbons (Fsp3) is 0.500. The van der Waals surface area contributed by atoms with Gasteiger partial charge in [-0.3, -0.25) is 0 Å². The first kappa shape index (κ1) is 15.1. The summed E-state index contributed by atoms with van der Waals surface area (Å²) < 4.78 is 11.5. The van der Waals surface area contributed by atoms with Crippen molar-refractivity contribution in [3.63, 3.8) is 0 Å². The average molecular weight is 338 g/mol. The Hall–Kier alpha value is -2.14. The van der Waals surface area contributed by atoms with Crippen LogP contribution in [-0.2, 0) is 4.74 Å². The third-order valence-corrected chi connectivity index (χ3v) is 5.62. The largest absolute Gasteiger partial charge is 0.459 e. The molecular formula is C20H22N2O3. The maximum absolute atomic E-state index is 13.0. The van der Waals surface area contributed by atoms with E-state index in [4.69, 9.17) is 9.26 Å². The van der Waals surface area contributed by atoms with E-state index in [0.717, 1.165) is 31.2 Å². The van der Waals surface area contributed by atoms with Crippen molar-refractivity contribution in [1.29, 1.82) is 0 Å². The number of piperidine rings is 1. The van der Waals surface area contributed by atoms with Crippen LogP contribution in [0.5, 0.6) is 0 Å². The highest BCUT2D eigenvalue weighted by molar-refractivity contribution is 5.97. The average Bonchev–Trinajstić information content (AvgIpc) is 3.29. The SMILES string of the molecule is O=C(OC1CC2CCC(C1)N2)c1c(-c2ccccc2)noc1C1CC1. The van der Waals surface area contributed by atoms with Gasteiger partial charge in [0.25, 0.3) is 0 Å². The normalized spacial score (nSPS) is 28.1. The minimum atomic E-state index is -0.270. The van der Waals surface area contributed by atoms with Crippen molar-refractivity contribution in [2.75, 3.05) is 0 Å². The molecule has 1 saturated carbocycles. The van der Waals surface area contributed by atoms with E-state index in [0.29, 0.717) is 35.0 Å². The smallest absolute Gasteiger partial charge is 0.344 e. The molecule has 2 aromatic rings. The zero-order valence-electron chi connectivity index (χ0n) is 14.1. The van der Waals surface area contributed by atoms with Crippen LogP contribution in [0.3, 0.4) is 0 Å². The van der Waals surface area contributed by atoms with Gasteiger partial charge in [-0.15, -0.1) is 0 Å². The number of benzene rings is 1. The molecule has 3 fully saturated rings. The number of hydrogen-bond donors (Lipinski definition) is 1. The highest BCUT2D eigenvalue weighted by Crippen LogP contribution is 2.44. The van der Waals surface area contributed by atoms with Crippen LogP contribution in [-0.4, -0.2) is 29.3 Å². The Morgan fingerprint density at radius 2 is 1.80 bits per heavy atom. The number of esters is 1. The molecule has 1 aromatic carbocycles. The second-order valence-corrected chi connectivity index (χ2v) is 7.55. The first-order valence-corrected chi connectivity index (χ1v) is 9.30. The van der Waals surface area contributed by atoms with E-state index >= 15 is 0 Å². The number of rotatable bonds is 4. The fourth-order valence-electron chi connectivity index (χ4n) is 4.23. The summed E-state index contributed by atoms with van der Waals surface area (Å²) in [6.45, 7) is 0. The molecule has 0 radical (unpaired) electrons. The summed E-state index contributed by atoms with van der Waals surface area (Å²) >= 11 is 0. The molecule has 2 saturated heterocycles. The van der Waals surface area contributed by atoms with Crippen LogP contribution in [0.1, 0.15) is 60.6 Å². The second-order valence-electron chi connectivity index (χ2n) is 7.55. The molecule has 1 aromatic heterocycles. The number of carbonyl (C=O) groups excluding carboxylic acids is 1. The summed E-state index contributed by atoms with van der Waals surface area (Å²) in [5.41, 5.74) is 2.06. The molecule has 3 aliphatic rings. The summed E-state index contributed by atoms with van der Waals surface area (Å²) in [5, 5.41) is 7.80. The standard InChI is InChI=1S/C20H22N2O3/c23-20(24-16-10-14-8-9-15(11-16)21-14)17-18(12-4-2-1-3-5-12)22-25-19(17)13-6-7-13/h1-5,13-16,21H,6-11H2. The first-order chi connectivity index (χ1) is 12.3. The lowest BCUT2D eigenvalue weighted by Crippen LogP contribution is -2.42. The van der Waals surface area contributed by atoms with Gasteiger partial charge in [-0.1, -0.05) is 35.5 Å². The molecule has 0 spiro atoms. The Balaban J connectivity index is 1.43. The quantitative estimate of drug-likeness (QED) is 0.862. The Labute approximate surface area is 146 Å². The fourth-order valence-corrected chi connectivity index (χ4v) is 4.23. The van der Waals surface area contributed by atoms with Gasteiger partial charge in [0.2, 0.25) is 0 Å². The number of nitrogens with zero attached hydrogens (tertiary/aromatic N) is 1. The summed E-state index contributed by atoms with van der Waals surface area (Å²) in [6, 6.07) is 10.7. The van der Waals surface area contributed by atoms with E-state index in [9.17, 15) is 4.79 Å². The van der Waals surface area contributed by atoms with E-state index in [1.165, 1.54) is 12.8 Å². The molecule has 1 aliphatic carbocycles. The number of carbonyl (C=O) groups is 1. The highest BCUT2D eigenvalue weighted by Gasteiger charge is 2.39. The van der Waals surface area contributed by atoms with Gasteiger partial charge in [0.15, 0.2) is 5.76 Å². The van der Waals surface area contributed by atoms with Crippen LogP contribution in [0.4, 0.5) is 0 Å². The van der Waals surface area contributed by atoms with Crippen LogP contribution in [0.15, 0.2) is 34.9 Å². The molecule has 0 amide bonds. The van der Waals surface area contributed by atoms with Crippen molar-refractivity contribution < 1.29 is 14.1 Å². The number of fused-ring (bicyclic) bond motifs is 2. The molecule has 5 heteroatoms. The summed E-state index contributed by atoms with van der Waals surface area (Å²) in [6.07, 6.45) is 6.31. The third-order valence-electron chi connectivity index (χ3n) is 5.62. The van der Waals surface area contributed by atoms with Crippen molar-refractivity contribution in [2.24, 2.45) is 0 Å². The summed E-state index contributed by atoms with van der Waals surface area (Å²) in [7, 11) is 0. The van der Waals surface area contributed by atoms with E-state index in [-0.39, 0.29) is 12.1 Å². The molecule has 2 aliphatic heterocycles. The zero-order valence-corrected chi connectivity index (χ0v) is 14.1. The summed E-state index contributed by atoms with van der Waals surface area (Å²) in [4.78, 5) is 13.0. The third kappa shape index (κ3) is 2.86. The Morgan fingerprint density at radius 3 is 2.48 bits per heavy atom. The first-order valence-electron chi connectivity index (χ1n) is 9.30. The lowest BCUT2D eigenvalue weighted by Gasteiger charge is -2.28. The van der Waals surface area contributed by atoms with Crippen molar-refractivity contribution in [2.45, 2.75) is 62.6 Å². The van der Waals surface area contributed by atoms with Gasteiger partial charge in [-0.25, -0.2) is 4.79 Å². The lowest BCUT2D eigenvalue weighted by molar-refractivity contribution is 0.0175. The van der Waals surface area contributed by atoms with E-state index < -0.39 is 0 Å².